The monoisotopic (exact) mass is 432 g/mol. The lowest BCUT2D eigenvalue weighted by Crippen LogP contribution is -2.28. The van der Waals surface area contributed by atoms with Gasteiger partial charge in [-0.1, -0.05) is 23.7 Å². The molecule has 31 heavy (non-hydrogen) atoms. The molecule has 0 saturated carbocycles. The number of nitriles is 1. The number of fused-ring (bicyclic) bond motifs is 1. The normalized spacial score (nSPS) is 11.8. The van der Waals surface area contributed by atoms with Crippen LogP contribution in [0.25, 0.3) is 16.6 Å². The lowest BCUT2D eigenvalue weighted by molar-refractivity contribution is 0.730. The van der Waals surface area contributed by atoms with Crippen molar-refractivity contribution in [2.75, 3.05) is 16.8 Å². The number of nitrogens with zero attached hydrogens (tertiary/aromatic N) is 5. The fraction of sp³-hybridized carbons (Fsp3) is 0.0952. The van der Waals surface area contributed by atoms with Crippen molar-refractivity contribution in [2.24, 2.45) is 0 Å². The molecule has 0 fully saturated rings. The molecule has 0 unspecified atom stereocenters. The van der Waals surface area contributed by atoms with E-state index in [9.17, 15) is 10.1 Å². The van der Waals surface area contributed by atoms with Gasteiger partial charge < -0.3 is 16.8 Å². The molecule has 9 nitrogen and oxygen atoms in total. The van der Waals surface area contributed by atoms with E-state index in [2.05, 4.69) is 15.3 Å². The van der Waals surface area contributed by atoms with E-state index in [1.165, 1.54) is 10.9 Å². The van der Waals surface area contributed by atoms with Crippen LogP contribution in [0.1, 0.15) is 24.4 Å². The summed E-state index contributed by atoms with van der Waals surface area (Å²) in [6.07, 6.45) is 1.25. The van der Waals surface area contributed by atoms with Gasteiger partial charge in [-0.25, -0.2) is 15.0 Å². The smallest absolute Gasteiger partial charge is 0.267 e. The first-order valence-corrected chi connectivity index (χ1v) is 9.62. The minimum Gasteiger partial charge on any atom is -0.399 e. The number of nitrogens with two attached hydrogens (primary N) is 2. The van der Waals surface area contributed by atoms with Gasteiger partial charge in [0.2, 0.25) is 0 Å². The van der Waals surface area contributed by atoms with Crippen LogP contribution in [0.5, 0.6) is 0 Å². The molecule has 4 aromatic rings. The van der Waals surface area contributed by atoms with Crippen LogP contribution in [0.3, 0.4) is 0 Å². The number of rotatable bonds is 4. The summed E-state index contributed by atoms with van der Waals surface area (Å²) in [4.78, 5) is 26.1. The van der Waals surface area contributed by atoms with E-state index in [0.717, 1.165) is 0 Å². The summed E-state index contributed by atoms with van der Waals surface area (Å²) >= 11 is 6.31. The van der Waals surface area contributed by atoms with Crippen LogP contribution in [0.2, 0.25) is 5.02 Å². The molecule has 0 amide bonds. The predicted molar refractivity (Wildman–Crippen MR) is 120 cm³/mol. The molecule has 10 heteroatoms. The van der Waals surface area contributed by atoms with Gasteiger partial charge in [-0.05, 0) is 37.3 Å². The van der Waals surface area contributed by atoms with E-state index in [4.69, 9.17) is 28.1 Å². The second kappa shape index (κ2) is 7.93. The van der Waals surface area contributed by atoms with E-state index in [0.29, 0.717) is 33.1 Å². The topological polar surface area (TPSA) is 149 Å². The molecule has 0 aliphatic carbocycles. The Bertz CT molecular complexity index is 1410. The van der Waals surface area contributed by atoms with Crippen LogP contribution in [-0.4, -0.2) is 19.5 Å². The van der Waals surface area contributed by atoms with Crippen molar-refractivity contribution in [3.63, 3.8) is 0 Å². The molecule has 1 atom stereocenters. The second-order valence-electron chi connectivity index (χ2n) is 6.80. The van der Waals surface area contributed by atoms with Crippen molar-refractivity contribution in [2.45, 2.75) is 13.0 Å². The van der Waals surface area contributed by atoms with Gasteiger partial charge in [-0.15, -0.1) is 0 Å². The number of benzene rings is 2. The molecule has 2 aromatic carbocycles. The first kappa shape index (κ1) is 20.1. The fourth-order valence-electron chi connectivity index (χ4n) is 3.30. The quantitative estimate of drug-likeness (QED) is 0.416. The molecule has 5 N–H and O–H groups in total. The fourth-order valence-corrected chi connectivity index (χ4v) is 3.55. The average molecular weight is 433 g/mol. The summed E-state index contributed by atoms with van der Waals surface area (Å²) in [5.74, 6) is 0.673. The zero-order valence-electron chi connectivity index (χ0n) is 16.4. The summed E-state index contributed by atoms with van der Waals surface area (Å²) in [6, 6.07) is 13.4. The van der Waals surface area contributed by atoms with Crippen molar-refractivity contribution >= 4 is 39.8 Å². The zero-order chi connectivity index (χ0) is 22.1. The minimum atomic E-state index is -0.543. The maximum absolute atomic E-state index is 13.5. The molecular formula is C21H17ClN8O. The molecule has 0 saturated heterocycles. The predicted octanol–water partition coefficient (Wildman–Crippen LogP) is 3.04. The molecule has 2 heterocycles. The average Bonchev–Trinajstić information content (AvgIpc) is 2.73. The van der Waals surface area contributed by atoms with Crippen LogP contribution in [0.4, 0.5) is 17.3 Å². The third-order valence-corrected chi connectivity index (χ3v) is 5.04. The molecule has 2 aromatic heterocycles. The van der Waals surface area contributed by atoms with Crippen LogP contribution in [0.15, 0.2) is 53.6 Å². The van der Waals surface area contributed by atoms with Crippen LogP contribution >= 0.6 is 11.6 Å². The van der Waals surface area contributed by atoms with Gasteiger partial charge in [-0.3, -0.25) is 9.36 Å². The molecule has 0 bridgehead atoms. The van der Waals surface area contributed by atoms with E-state index < -0.39 is 6.04 Å². The highest BCUT2D eigenvalue weighted by Crippen LogP contribution is 2.26. The Kier molecular flexibility index (Phi) is 5.15. The van der Waals surface area contributed by atoms with Gasteiger partial charge in [0, 0.05) is 5.69 Å². The van der Waals surface area contributed by atoms with Gasteiger partial charge in [0.1, 0.15) is 35.4 Å². The number of hydrogen-bond donors (Lipinski definition) is 3. The number of halogens is 1. The summed E-state index contributed by atoms with van der Waals surface area (Å²) < 4.78 is 1.44. The van der Waals surface area contributed by atoms with Gasteiger partial charge in [0.15, 0.2) is 0 Å². The Balaban J connectivity index is 1.95. The maximum Gasteiger partial charge on any atom is 0.267 e. The van der Waals surface area contributed by atoms with E-state index in [1.54, 1.807) is 49.4 Å². The number of anilines is 3. The van der Waals surface area contributed by atoms with Crippen molar-refractivity contribution < 1.29 is 0 Å². The van der Waals surface area contributed by atoms with Gasteiger partial charge in [0.05, 0.1) is 27.7 Å². The number of hydrogen-bond acceptors (Lipinski definition) is 8. The Hall–Kier alpha value is -4.16. The highest BCUT2D eigenvalue weighted by atomic mass is 35.5. The number of aromatic nitrogens is 4. The molecule has 0 aliphatic heterocycles. The SMILES string of the molecule is C[C@H](Nc1ncnc(N)c1C#N)c1nc2cccc(Cl)c2c(=O)n1-c1cccc(N)c1. The molecule has 0 spiro atoms. The van der Waals surface area contributed by atoms with Crippen LogP contribution in [-0.2, 0) is 0 Å². The summed E-state index contributed by atoms with van der Waals surface area (Å²) in [5, 5.41) is 13.1. The largest absolute Gasteiger partial charge is 0.399 e. The molecule has 154 valence electrons. The van der Waals surface area contributed by atoms with Gasteiger partial charge in [0.25, 0.3) is 5.56 Å². The van der Waals surface area contributed by atoms with E-state index in [1.807, 2.05) is 6.07 Å². The van der Waals surface area contributed by atoms with Crippen LogP contribution < -0.4 is 22.3 Å². The standard InChI is InChI=1S/C21H17ClN8O/c1-11(28-19-14(9-23)18(25)26-10-27-19)20-29-16-7-3-6-15(22)17(16)21(31)30(20)13-5-2-4-12(24)8-13/h2-8,10-11H,24H2,1H3,(H3,25,26,27,28)/t11-/m0/s1. The highest BCUT2D eigenvalue weighted by molar-refractivity contribution is 6.35. The van der Waals surface area contributed by atoms with E-state index in [-0.39, 0.29) is 22.8 Å². The Morgan fingerprint density at radius 3 is 2.71 bits per heavy atom. The Morgan fingerprint density at radius 1 is 1.19 bits per heavy atom. The summed E-state index contributed by atoms with van der Waals surface area (Å²) in [5.41, 5.74) is 13.0. The molecule has 4 rings (SSSR count). The van der Waals surface area contributed by atoms with Crippen molar-refractivity contribution in [1.82, 2.24) is 19.5 Å². The summed E-state index contributed by atoms with van der Waals surface area (Å²) in [6.45, 7) is 1.79. The van der Waals surface area contributed by atoms with Crippen molar-refractivity contribution in [3.8, 4) is 11.8 Å². The highest BCUT2D eigenvalue weighted by Gasteiger charge is 2.21. The number of nitrogen functional groups attached to an aromatic ring is 2. The first-order valence-electron chi connectivity index (χ1n) is 9.25. The Morgan fingerprint density at radius 2 is 1.97 bits per heavy atom. The Labute approximate surface area is 181 Å². The lowest BCUT2D eigenvalue weighted by atomic mass is 10.2. The van der Waals surface area contributed by atoms with Gasteiger partial charge >= 0.3 is 0 Å². The molecular weight excluding hydrogens is 416 g/mol. The van der Waals surface area contributed by atoms with E-state index >= 15 is 0 Å². The molecule has 0 radical (unpaired) electrons. The van der Waals surface area contributed by atoms with Crippen molar-refractivity contribution in [3.05, 3.63) is 75.6 Å². The van der Waals surface area contributed by atoms with Crippen molar-refractivity contribution in [1.29, 1.82) is 5.26 Å². The minimum absolute atomic E-state index is 0.0543. The third-order valence-electron chi connectivity index (χ3n) is 4.73. The zero-order valence-corrected chi connectivity index (χ0v) is 17.1. The second-order valence-corrected chi connectivity index (χ2v) is 7.21. The first-order chi connectivity index (χ1) is 14.9. The lowest BCUT2D eigenvalue weighted by Gasteiger charge is -2.21. The number of nitrogens with one attached hydrogen (secondary N) is 1. The van der Waals surface area contributed by atoms with Crippen LogP contribution in [0, 0.1) is 11.3 Å². The molecule has 0 aliphatic rings. The third kappa shape index (κ3) is 3.60. The summed E-state index contributed by atoms with van der Waals surface area (Å²) in [7, 11) is 0. The maximum atomic E-state index is 13.5. The van der Waals surface area contributed by atoms with Gasteiger partial charge in [-0.2, -0.15) is 5.26 Å².